The fourth-order valence-corrected chi connectivity index (χ4v) is 2.30. The first-order valence-corrected chi connectivity index (χ1v) is 5.83. The third-order valence-corrected chi connectivity index (χ3v) is 3.11. The summed E-state index contributed by atoms with van der Waals surface area (Å²) in [4.78, 5) is 10.6. The van der Waals surface area contributed by atoms with Crippen LogP contribution in [0.15, 0.2) is 6.07 Å². The number of halogens is 1. The second-order valence-electron chi connectivity index (χ2n) is 3.80. The molecular formula is C12H13ClO4. The molecule has 1 aliphatic heterocycles. The second kappa shape index (κ2) is 4.84. The van der Waals surface area contributed by atoms with Crippen molar-refractivity contribution in [3.8, 4) is 11.5 Å². The lowest BCUT2D eigenvalue weighted by atomic mass is 9.99. The molecule has 1 heterocycles. The van der Waals surface area contributed by atoms with Crippen LogP contribution >= 0.6 is 11.6 Å². The molecule has 17 heavy (non-hydrogen) atoms. The molecule has 1 N–H and O–H groups in total. The van der Waals surface area contributed by atoms with E-state index < -0.39 is 5.97 Å². The highest BCUT2D eigenvalue weighted by Crippen LogP contribution is 2.41. The van der Waals surface area contributed by atoms with E-state index >= 15 is 0 Å². The van der Waals surface area contributed by atoms with Gasteiger partial charge < -0.3 is 14.6 Å². The normalized spacial score (nSPS) is 12.8. The van der Waals surface area contributed by atoms with E-state index in [1.807, 2.05) is 6.92 Å². The van der Waals surface area contributed by atoms with Crippen LogP contribution in [-0.2, 0) is 17.6 Å². The number of ether oxygens (including phenoxy) is 2. The van der Waals surface area contributed by atoms with Gasteiger partial charge >= 0.3 is 5.97 Å². The first-order chi connectivity index (χ1) is 8.13. The van der Waals surface area contributed by atoms with Gasteiger partial charge in [-0.3, -0.25) is 4.79 Å². The Kier molecular flexibility index (Phi) is 3.43. The molecule has 0 fully saturated rings. The van der Waals surface area contributed by atoms with Gasteiger partial charge in [-0.25, -0.2) is 0 Å². The minimum atomic E-state index is -0.833. The maximum Gasteiger partial charge on any atom is 0.303 e. The summed E-state index contributed by atoms with van der Waals surface area (Å²) in [5.41, 5.74) is 1.80. The topological polar surface area (TPSA) is 55.8 Å². The molecule has 0 atom stereocenters. The lowest BCUT2D eigenvalue weighted by Crippen LogP contribution is -2.02. The quantitative estimate of drug-likeness (QED) is 0.900. The molecule has 1 aromatic rings. The van der Waals surface area contributed by atoms with Crippen molar-refractivity contribution in [2.24, 2.45) is 0 Å². The summed E-state index contributed by atoms with van der Waals surface area (Å²) in [5, 5.41) is 9.27. The van der Waals surface area contributed by atoms with Crippen LogP contribution in [0, 0.1) is 0 Å². The second-order valence-corrected chi connectivity index (χ2v) is 4.20. The molecule has 0 aliphatic carbocycles. The standard InChI is InChI=1S/C12H13ClO4/c1-2-7-8(3-4-11(14)15)9(13)5-10-12(7)17-6-16-10/h5H,2-4,6H2,1H3,(H,14,15). The van der Waals surface area contributed by atoms with Crippen molar-refractivity contribution in [2.45, 2.75) is 26.2 Å². The Morgan fingerprint density at radius 1 is 1.47 bits per heavy atom. The smallest absolute Gasteiger partial charge is 0.303 e. The molecule has 0 saturated carbocycles. The maximum atomic E-state index is 10.6. The van der Waals surface area contributed by atoms with Gasteiger partial charge in [-0.2, -0.15) is 0 Å². The Labute approximate surface area is 104 Å². The first-order valence-electron chi connectivity index (χ1n) is 5.45. The SMILES string of the molecule is CCc1c(CCC(=O)O)c(Cl)cc2c1OCO2. The molecule has 2 rings (SSSR count). The van der Waals surface area contributed by atoms with Crippen LogP contribution < -0.4 is 9.47 Å². The highest BCUT2D eigenvalue weighted by Gasteiger charge is 2.22. The largest absolute Gasteiger partial charge is 0.481 e. The molecule has 1 aromatic carbocycles. The third-order valence-electron chi connectivity index (χ3n) is 2.77. The van der Waals surface area contributed by atoms with Crippen molar-refractivity contribution in [1.82, 2.24) is 0 Å². The predicted octanol–water partition coefficient (Wildman–Crippen LogP) is 2.65. The van der Waals surface area contributed by atoms with Gasteiger partial charge in [0, 0.05) is 23.1 Å². The van der Waals surface area contributed by atoms with E-state index in [0.717, 1.165) is 17.5 Å². The van der Waals surface area contributed by atoms with Crippen molar-refractivity contribution in [2.75, 3.05) is 6.79 Å². The zero-order valence-electron chi connectivity index (χ0n) is 9.46. The summed E-state index contributed by atoms with van der Waals surface area (Å²) in [7, 11) is 0. The van der Waals surface area contributed by atoms with E-state index in [4.69, 9.17) is 26.2 Å². The molecule has 0 saturated heterocycles. The summed E-state index contributed by atoms with van der Waals surface area (Å²) >= 11 is 6.15. The molecule has 0 unspecified atom stereocenters. The number of hydrogen-bond acceptors (Lipinski definition) is 3. The lowest BCUT2D eigenvalue weighted by Gasteiger charge is -2.12. The van der Waals surface area contributed by atoms with Gasteiger partial charge in [0.2, 0.25) is 6.79 Å². The number of carboxylic acid groups (broad SMARTS) is 1. The summed E-state index contributed by atoms with van der Waals surface area (Å²) in [6.07, 6.45) is 1.21. The van der Waals surface area contributed by atoms with Crippen molar-refractivity contribution < 1.29 is 19.4 Å². The van der Waals surface area contributed by atoms with Gasteiger partial charge in [0.1, 0.15) is 0 Å². The van der Waals surface area contributed by atoms with Crippen molar-refractivity contribution in [3.63, 3.8) is 0 Å². The summed E-state index contributed by atoms with van der Waals surface area (Å²) in [5.74, 6) is 0.518. The third kappa shape index (κ3) is 2.31. The van der Waals surface area contributed by atoms with Crippen LogP contribution in [0.2, 0.25) is 5.02 Å². The summed E-state index contributed by atoms with van der Waals surface area (Å²) in [6.45, 7) is 2.18. The van der Waals surface area contributed by atoms with E-state index in [1.54, 1.807) is 6.07 Å². The minimum Gasteiger partial charge on any atom is -0.481 e. The molecule has 92 valence electrons. The predicted molar refractivity (Wildman–Crippen MR) is 62.9 cm³/mol. The Bertz CT molecular complexity index is 456. The Morgan fingerprint density at radius 3 is 2.88 bits per heavy atom. The van der Waals surface area contributed by atoms with E-state index in [0.29, 0.717) is 22.9 Å². The van der Waals surface area contributed by atoms with Crippen LogP contribution in [0.5, 0.6) is 11.5 Å². The number of hydrogen-bond donors (Lipinski definition) is 1. The van der Waals surface area contributed by atoms with E-state index in [2.05, 4.69) is 0 Å². The number of benzene rings is 1. The molecule has 0 amide bonds. The van der Waals surface area contributed by atoms with Gasteiger partial charge in [-0.1, -0.05) is 18.5 Å². The van der Waals surface area contributed by atoms with Gasteiger partial charge in [0.25, 0.3) is 0 Å². The average Bonchev–Trinajstić information content (AvgIpc) is 2.72. The Balaban J connectivity index is 2.39. The Hall–Kier alpha value is -1.42. The van der Waals surface area contributed by atoms with Crippen molar-refractivity contribution in [3.05, 3.63) is 22.2 Å². The number of aliphatic carboxylic acids is 1. The van der Waals surface area contributed by atoms with Gasteiger partial charge in [0.15, 0.2) is 11.5 Å². The van der Waals surface area contributed by atoms with E-state index in [1.165, 1.54) is 0 Å². The zero-order chi connectivity index (χ0) is 12.4. The molecule has 0 spiro atoms. The highest BCUT2D eigenvalue weighted by atomic mass is 35.5. The summed E-state index contributed by atoms with van der Waals surface area (Å²) in [6, 6.07) is 1.69. The van der Waals surface area contributed by atoms with Crippen LogP contribution in [0.3, 0.4) is 0 Å². The van der Waals surface area contributed by atoms with Crippen LogP contribution in [0.4, 0.5) is 0 Å². The fraction of sp³-hybridized carbons (Fsp3) is 0.417. The minimum absolute atomic E-state index is 0.0619. The maximum absolute atomic E-state index is 10.6. The molecule has 5 heteroatoms. The number of rotatable bonds is 4. The summed E-state index contributed by atoms with van der Waals surface area (Å²) < 4.78 is 10.7. The molecule has 1 aliphatic rings. The molecule has 0 radical (unpaired) electrons. The van der Waals surface area contributed by atoms with Gasteiger partial charge in [-0.15, -0.1) is 0 Å². The zero-order valence-corrected chi connectivity index (χ0v) is 10.2. The van der Waals surface area contributed by atoms with E-state index in [-0.39, 0.29) is 13.2 Å². The van der Waals surface area contributed by atoms with E-state index in [9.17, 15) is 4.79 Å². The number of carbonyl (C=O) groups is 1. The monoisotopic (exact) mass is 256 g/mol. The highest BCUT2D eigenvalue weighted by molar-refractivity contribution is 6.31. The molecule has 0 bridgehead atoms. The van der Waals surface area contributed by atoms with Gasteiger partial charge in [-0.05, 0) is 18.4 Å². The lowest BCUT2D eigenvalue weighted by molar-refractivity contribution is -0.136. The molecular weight excluding hydrogens is 244 g/mol. The number of fused-ring (bicyclic) bond motifs is 1. The molecule has 0 aromatic heterocycles. The van der Waals surface area contributed by atoms with Crippen LogP contribution in [-0.4, -0.2) is 17.9 Å². The Morgan fingerprint density at radius 2 is 2.24 bits per heavy atom. The van der Waals surface area contributed by atoms with Crippen LogP contribution in [0.25, 0.3) is 0 Å². The number of carboxylic acids is 1. The fourth-order valence-electron chi connectivity index (χ4n) is 1.99. The van der Waals surface area contributed by atoms with Crippen molar-refractivity contribution >= 4 is 17.6 Å². The molecule has 4 nitrogen and oxygen atoms in total. The first kappa shape index (κ1) is 12.0. The van der Waals surface area contributed by atoms with Gasteiger partial charge in [0.05, 0.1) is 0 Å². The van der Waals surface area contributed by atoms with Crippen molar-refractivity contribution in [1.29, 1.82) is 0 Å². The van der Waals surface area contributed by atoms with Crippen LogP contribution in [0.1, 0.15) is 24.5 Å². The average molecular weight is 257 g/mol.